The van der Waals surface area contributed by atoms with E-state index >= 15 is 0 Å². The van der Waals surface area contributed by atoms with Gasteiger partial charge in [0.25, 0.3) is 0 Å². The highest BCUT2D eigenvalue weighted by Gasteiger charge is 2.01. The van der Waals surface area contributed by atoms with Crippen LogP contribution in [-0.4, -0.2) is 17.7 Å². The normalized spacial score (nSPS) is 9.79. The van der Waals surface area contributed by atoms with Crippen LogP contribution in [0.15, 0.2) is 18.2 Å². The Balaban J connectivity index is 2.51. The number of aliphatic carboxylic acids is 1. The molecular formula is C9H10ClNO3. The molecule has 0 aliphatic rings. The molecule has 14 heavy (non-hydrogen) atoms. The Labute approximate surface area is 86.2 Å². The SMILES string of the molecule is Nc1ccc(OCCC(=O)O)cc1Cl. The summed E-state index contributed by atoms with van der Waals surface area (Å²) in [7, 11) is 0. The Kier molecular flexibility index (Phi) is 3.59. The van der Waals surface area contributed by atoms with Crippen LogP contribution in [0.4, 0.5) is 5.69 Å². The molecule has 0 fully saturated rings. The van der Waals surface area contributed by atoms with Gasteiger partial charge in [0, 0.05) is 6.07 Å². The number of ether oxygens (including phenoxy) is 1. The minimum atomic E-state index is -0.897. The van der Waals surface area contributed by atoms with Crippen LogP contribution >= 0.6 is 11.6 Å². The van der Waals surface area contributed by atoms with Crippen molar-refractivity contribution in [2.24, 2.45) is 0 Å². The minimum absolute atomic E-state index is 0.0397. The summed E-state index contributed by atoms with van der Waals surface area (Å²) in [6.45, 7) is 0.121. The average Bonchev–Trinajstić information content (AvgIpc) is 2.10. The van der Waals surface area contributed by atoms with E-state index in [-0.39, 0.29) is 13.0 Å². The van der Waals surface area contributed by atoms with Crippen LogP contribution in [0, 0.1) is 0 Å². The van der Waals surface area contributed by atoms with Crippen molar-refractivity contribution in [3.05, 3.63) is 23.2 Å². The zero-order chi connectivity index (χ0) is 10.6. The Bertz CT molecular complexity index is 341. The first kappa shape index (κ1) is 10.7. The van der Waals surface area contributed by atoms with Gasteiger partial charge < -0.3 is 15.6 Å². The van der Waals surface area contributed by atoms with E-state index in [2.05, 4.69) is 0 Å². The first-order valence-electron chi connectivity index (χ1n) is 3.99. The molecule has 0 aliphatic carbocycles. The smallest absolute Gasteiger partial charge is 0.306 e. The summed E-state index contributed by atoms with van der Waals surface area (Å²) in [6, 6.07) is 4.81. The molecule has 4 nitrogen and oxygen atoms in total. The molecule has 1 aromatic carbocycles. The zero-order valence-electron chi connectivity index (χ0n) is 7.37. The molecule has 0 saturated carbocycles. The lowest BCUT2D eigenvalue weighted by Gasteiger charge is -2.05. The van der Waals surface area contributed by atoms with E-state index in [1.165, 1.54) is 0 Å². The number of hydrogen-bond donors (Lipinski definition) is 2. The van der Waals surface area contributed by atoms with E-state index in [1.54, 1.807) is 18.2 Å². The Hall–Kier alpha value is -1.42. The summed E-state index contributed by atoms with van der Waals surface area (Å²) in [4.78, 5) is 10.2. The van der Waals surface area contributed by atoms with Crippen LogP contribution in [0.5, 0.6) is 5.75 Å². The molecule has 0 aromatic heterocycles. The lowest BCUT2D eigenvalue weighted by molar-refractivity contribution is -0.137. The molecular weight excluding hydrogens is 206 g/mol. The summed E-state index contributed by atoms with van der Waals surface area (Å²) in [6.07, 6.45) is -0.0397. The second kappa shape index (κ2) is 4.72. The predicted octanol–water partition coefficient (Wildman–Crippen LogP) is 1.78. The zero-order valence-corrected chi connectivity index (χ0v) is 8.12. The average molecular weight is 216 g/mol. The van der Waals surface area contributed by atoms with E-state index < -0.39 is 5.97 Å². The van der Waals surface area contributed by atoms with E-state index in [4.69, 9.17) is 27.2 Å². The van der Waals surface area contributed by atoms with E-state index in [9.17, 15) is 4.79 Å². The standard InChI is InChI=1S/C9H10ClNO3/c10-7-5-6(1-2-8(7)11)14-4-3-9(12)13/h1-2,5H,3-4,11H2,(H,12,13). The lowest BCUT2D eigenvalue weighted by Crippen LogP contribution is -2.04. The van der Waals surface area contributed by atoms with Gasteiger partial charge in [0.15, 0.2) is 0 Å². The van der Waals surface area contributed by atoms with Gasteiger partial charge in [-0.2, -0.15) is 0 Å². The van der Waals surface area contributed by atoms with Crippen LogP contribution in [0.2, 0.25) is 5.02 Å². The van der Waals surface area contributed by atoms with Crippen molar-refractivity contribution in [3.63, 3.8) is 0 Å². The van der Waals surface area contributed by atoms with Gasteiger partial charge >= 0.3 is 5.97 Å². The first-order valence-corrected chi connectivity index (χ1v) is 4.37. The van der Waals surface area contributed by atoms with Crippen molar-refractivity contribution < 1.29 is 14.6 Å². The van der Waals surface area contributed by atoms with Crippen LogP contribution in [0.3, 0.4) is 0 Å². The van der Waals surface area contributed by atoms with Crippen LogP contribution in [0.1, 0.15) is 6.42 Å². The van der Waals surface area contributed by atoms with Gasteiger partial charge in [-0.3, -0.25) is 4.79 Å². The molecule has 0 aliphatic heterocycles. The Morgan fingerprint density at radius 2 is 2.29 bits per heavy atom. The molecule has 0 bridgehead atoms. The molecule has 0 spiro atoms. The second-order valence-corrected chi connectivity index (χ2v) is 3.08. The molecule has 0 radical (unpaired) electrons. The number of benzene rings is 1. The number of halogens is 1. The monoisotopic (exact) mass is 215 g/mol. The van der Waals surface area contributed by atoms with E-state index in [0.717, 1.165) is 0 Å². The summed E-state index contributed by atoms with van der Waals surface area (Å²) in [5.41, 5.74) is 5.95. The quantitative estimate of drug-likeness (QED) is 0.751. The third kappa shape index (κ3) is 3.14. The van der Waals surface area contributed by atoms with Crippen molar-refractivity contribution in [3.8, 4) is 5.75 Å². The van der Waals surface area contributed by atoms with Gasteiger partial charge in [-0.15, -0.1) is 0 Å². The number of anilines is 1. The maximum absolute atomic E-state index is 10.2. The molecule has 1 rings (SSSR count). The maximum atomic E-state index is 10.2. The first-order chi connectivity index (χ1) is 6.59. The number of rotatable bonds is 4. The molecule has 5 heteroatoms. The van der Waals surface area contributed by atoms with Gasteiger partial charge in [0.2, 0.25) is 0 Å². The molecule has 0 atom stereocenters. The summed E-state index contributed by atoms with van der Waals surface area (Å²) in [5, 5.41) is 8.76. The Morgan fingerprint density at radius 3 is 2.86 bits per heavy atom. The van der Waals surface area contributed by atoms with Gasteiger partial charge in [0.1, 0.15) is 5.75 Å². The van der Waals surface area contributed by atoms with Crippen LogP contribution in [0.25, 0.3) is 0 Å². The predicted molar refractivity (Wildman–Crippen MR) is 53.6 cm³/mol. The van der Waals surface area contributed by atoms with Crippen LogP contribution in [-0.2, 0) is 4.79 Å². The highest BCUT2D eigenvalue weighted by Crippen LogP contribution is 2.23. The summed E-state index contributed by atoms with van der Waals surface area (Å²) >= 11 is 5.73. The molecule has 3 N–H and O–H groups in total. The molecule has 76 valence electrons. The number of carbonyl (C=O) groups is 1. The number of nitrogens with two attached hydrogens (primary N) is 1. The van der Waals surface area contributed by atoms with Gasteiger partial charge in [-0.1, -0.05) is 11.6 Å². The highest BCUT2D eigenvalue weighted by molar-refractivity contribution is 6.33. The topological polar surface area (TPSA) is 72.5 Å². The van der Waals surface area contributed by atoms with Crippen LogP contribution < -0.4 is 10.5 Å². The number of carboxylic acid groups (broad SMARTS) is 1. The largest absolute Gasteiger partial charge is 0.493 e. The maximum Gasteiger partial charge on any atom is 0.306 e. The third-order valence-electron chi connectivity index (χ3n) is 1.56. The van der Waals surface area contributed by atoms with Gasteiger partial charge in [0.05, 0.1) is 23.7 Å². The number of hydrogen-bond acceptors (Lipinski definition) is 3. The number of carboxylic acids is 1. The summed E-state index contributed by atoms with van der Waals surface area (Å²) in [5.74, 6) is -0.378. The molecule has 0 unspecified atom stereocenters. The fourth-order valence-corrected chi connectivity index (χ4v) is 1.02. The Morgan fingerprint density at radius 1 is 1.57 bits per heavy atom. The molecule has 0 amide bonds. The lowest BCUT2D eigenvalue weighted by atomic mass is 10.3. The number of nitrogen functional groups attached to an aromatic ring is 1. The van der Waals surface area contributed by atoms with Gasteiger partial charge in [-0.25, -0.2) is 0 Å². The van der Waals surface area contributed by atoms with Crippen molar-refractivity contribution >= 4 is 23.3 Å². The second-order valence-electron chi connectivity index (χ2n) is 2.68. The fourth-order valence-electron chi connectivity index (χ4n) is 0.854. The van der Waals surface area contributed by atoms with Crippen molar-refractivity contribution in [1.82, 2.24) is 0 Å². The van der Waals surface area contributed by atoms with Gasteiger partial charge in [-0.05, 0) is 12.1 Å². The van der Waals surface area contributed by atoms with E-state index in [0.29, 0.717) is 16.5 Å². The molecule has 0 saturated heterocycles. The van der Waals surface area contributed by atoms with Crippen molar-refractivity contribution in [2.75, 3.05) is 12.3 Å². The van der Waals surface area contributed by atoms with Crippen molar-refractivity contribution in [2.45, 2.75) is 6.42 Å². The summed E-state index contributed by atoms with van der Waals surface area (Å²) < 4.78 is 5.13. The highest BCUT2D eigenvalue weighted by atomic mass is 35.5. The minimum Gasteiger partial charge on any atom is -0.493 e. The fraction of sp³-hybridized carbons (Fsp3) is 0.222. The van der Waals surface area contributed by atoms with E-state index in [1.807, 2.05) is 0 Å². The molecule has 1 aromatic rings. The third-order valence-corrected chi connectivity index (χ3v) is 1.88. The van der Waals surface area contributed by atoms with Crippen molar-refractivity contribution in [1.29, 1.82) is 0 Å². The molecule has 0 heterocycles.